The lowest BCUT2D eigenvalue weighted by Crippen LogP contribution is -2.18. The molecule has 0 atom stereocenters. The number of hydrogen-bond donors (Lipinski definition) is 1. The summed E-state index contributed by atoms with van der Waals surface area (Å²) in [5.41, 5.74) is 1.10. The smallest absolute Gasteiger partial charge is 0.0949 e. The van der Waals surface area contributed by atoms with Crippen molar-refractivity contribution in [1.29, 1.82) is 0 Å². The molecule has 0 saturated heterocycles. The van der Waals surface area contributed by atoms with Crippen LogP contribution in [0.2, 0.25) is 0 Å². The highest BCUT2D eigenvalue weighted by Gasteiger charge is 1.98. The van der Waals surface area contributed by atoms with Crippen LogP contribution >= 0.6 is 11.8 Å². The Morgan fingerprint density at radius 3 is 3.19 bits per heavy atom. The molecule has 0 radical (unpaired) electrons. The molecule has 0 amide bonds. The average Bonchev–Trinajstić information content (AvgIpc) is 2.73. The molecule has 1 aromatic heterocycles. The molecule has 0 saturated carbocycles. The van der Waals surface area contributed by atoms with E-state index in [0.717, 1.165) is 31.9 Å². The van der Waals surface area contributed by atoms with Gasteiger partial charge in [0.2, 0.25) is 0 Å². The summed E-state index contributed by atoms with van der Waals surface area (Å²) in [5, 5.41) is 3.28. The highest BCUT2D eigenvalue weighted by molar-refractivity contribution is 7.98. The van der Waals surface area contributed by atoms with Crippen molar-refractivity contribution in [1.82, 2.24) is 14.9 Å². The number of aromatic nitrogens is 2. The highest BCUT2D eigenvalue weighted by Crippen LogP contribution is 2.01. The van der Waals surface area contributed by atoms with Crippen LogP contribution < -0.4 is 5.32 Å². The van der Waals surface area contributed by atoms with Crippen LogP contribution in [0.15, 0.2) is 12.5 Å². The quantitative estimate of drug-likeness (QED) is 0.665. The first-order valence-electron chi connectivity index (χ1n) is 5.56. The first-order chi connectivity index (χ1) is 7.86. The first kappa shape index (κ1) is 13.5. The Morgan fingerprint density at radius 2 is 2.44 bits per heavy atom. The molecule has 1 rings (SSSR count). The third-order valence-electron chi connectivity index (χ3n) is 2.24. The Labute approximate surface area is 102 Å². The molecule has 1 aromatic rings. The molecule has 0 fully saturated rings. The molecule has 0 aromatic carbocycles. The lowest BCUT2D eigenvalue weighted by Gasteiger charge is -2.01. The number of aryl methyl sites for hydroxylation is 1. The van der Waals surface area contributed by atoms with Crippen LogP contribution in [0.25, 0.3) is 0 Å². The zero-order valence-corrected chi connectivity index (χ0v) is 10.9. The maximum atomic E-state index is 4.96. The second-order valence-corrected chi connectivity index (χ2v) is 4.60. The normalized spacial score (nSPS) is 10.9. The lowest BCUT2D eigenvalue weighted by molar-refractivity contribution is 0.199. The van der Waals surface area contributed by atoms with Gasteiger partial charge in [-0.15, -0.1) is 0 Å². The molecular formula is C11H21N3OS. The van der Waals surface area contributed by atoms with Gasteiger partial charge in [0.25, 0.3) is 0 Å². The maximum Gasteiger partial charge on any atom is 0.0949 e. The fraction of sp³-hybridized carbons (Fsp3) is 0.727. The van der Waals surface area contributed by atoms with Gasteiger partial charge in [0, 0.05) is 32.9 Å². The Bertz CT molecular complexity index is 278. The Hall–Kier alpha value is -0.520. The van der Waals surface area contributed by atoms with E-state index in [2.05, 4.69) is 27.3 Å². The van der Waals surface area contributed by atoms with E-state index < -0.39 is 0 Å². The summed E-state index contributed by atoms with van der Waals surface area (Å²) >= 11 is 1.89. The second-order valence-electron chi connectivity index (χ2n) is 3.62. The zero-order chi connectivity index (χ0) is 11.6. The van der Waals surface area contributed by atoms with Crippen LogP contribution in [0.3, 0.4) is 0 Å². The van der Waals surface area contributed by atoms with E-state index in [0.29, 0.717) is 0 Å². The van der Waals surface area contributed by atoms with E-state index >= 15 is 0 Å². The minimum Gasteiger partial charge on any atom is -0.383 e. The molecule has 0 aliphatic carbocycles. The van der Waals surface area contributed by atoms with Crippen LogP contribution in [0.1, 0.15) is 12.1 Å². The van der Waals surface area contributed by atoms with Gasteiger partial charge in [-0.3, -0.25) is 0 Å². The fourth-order valence-corrected chi connectivity index (χ4v) is 1.82. The van der Waals surface area contributed by atoms with Crippen molar-refractivity contribution < 1.29 is 4.74 Å². The molecule has 1 heterocycles. The van der Waals surface area contributed by atoms with Gasteiger partial charge < -0.3 is 14.6 Å². The van der Waals surface area contributed by atoms with Gasteiger partial charge in [-0.05, 0) is 18.4 Å². The molecular weight excluding hydrogens is 222 g/mol. The number of methoxy groups -OCH3 is 1. The number of hydrogen-bond acceptors (Lipinski definition) is 4. The number of nitrogens with zero attached hydrogens (tertiary/aromatic N) is 2. The molecule has 0 aliphatic heterocycles. The van der Waals surface area contributed by atoms with E-state index in [1.807, 2.05) is 18.1 Å². The molecule has 5 heteroatoms. The standard InChI is InChI=1S/C11H21N3OS/c1-15-6-4-12-8-11-9-14(10-13-11)5-3-7-16-2/h9-10,12H,3-8H2,1-2H3. The third-order valence-corrected chi connectivity index (χ3v) is 2.94. The van der Waals surface area contributed by atoms with E-state index in [9.17, 15) is 0 Å². The van der Waals surface area contributed by atoms with Crippen LogP contribution in [0.4, 0.5) is 0 Å². The topological polar surface area (TPSA) is 39.1 Å². The van der Waals surface area contributed by atoms with Gasteiger partial charge in [0.15, 0.2) is 0 Å². The number of ether oxygens (including phenoxy) is 1. The fourth-order valence-electron chi connectivity index (χ4n) is 1.40. The van der Waals surface area contributed by atoms with Crippen molar-refractivity contribution in [2.24, 2.45) is 0 Å². The predicted octanol–water partition coefficient (Wildman–Crippen LogP) is 1.37. The summed E-state index contributed by atoms with van der Waals surface area (Å²) in [5.74, 6) is 1.21. The van der Waals surface area contributed by atoms with Crippen LogP contribution in [0.5, 0.6) is 0 Å². The summed E-state index contributed by atoms with van der Waals surface area (Å²) in [7, 11) is 1.71. The SMILES string of the molecule is COCCNCc1cn(CCCSC)cn1. The monoisotopic (exact) mass is 243 g/mol. The van der Waals surface area contributed by atoms with Crippen molar-refractivity contribution in [3.63, 3.8) is 0 Å². The molecule has 0 aliphatic rings. The summed E-state index contributed by atoms with van der Waals surface area (Å²) < 4.78 is 7.12. The maximum absolute atomic E-state index is 4.96. The third kappa shape index (κ3) is 5.53. The van der Waals surface area contributed by atoms with Gasteiger partial charge in [-0.2, -0.15) is 11.8 Å². The van der Waals surface area contributed by atoms with Gasteiger partial charge in [-0.25, -0.2) is 4.98 Å². The molecule has 4 nitrogen and oxygen atoms in total. The molecule has 0 spiro atoms. The summed E-state index contributed by atoms with van der Waals surface area (Å²) in [4.78, 5) is 4.35. The largest absolute Gasteiger partial charge is 0.383 e. The molecule has 1 N–H and O–H groups in total. The number of nitrogens with one attached hydrogen (secondary N) is 1. The molecule has 0 unspecified atom stereocenters. The summed E-state index contributed by atoms with van der Waals surface area (Å²) in [6.45, 7) is 3.50. The van der Waals surface area contributed by atoms with Crippen molar-refractivity contribution in [2.75, 3.05) is 32.3 Å². The molecule has 16 heavy (non-hydrogen) atoms. The number of rotatable bonds is 9. The zero-order valence-electron chi connectivity index (χ0n) is 10.1. The minimum absolute atomic E-state index is 0.744. The lowest BCUT2D eigenvalue weighted by atomic mass is 10.4. The van der Waals surface area contributed by atoms with Gasteiger partial charge in [-0.1, -0.05) is 0 Å². The average molecular weight is 243 g/mol. The highest BCUT2D eigenvalue weighted by atomic mass is 32.2. The predicted molar refractivity (Wildman–Crippen MR) is 68.8 cm³/mol. The van der Waals surface area contributed by atoms with Gasteiger partial charge in [0.05, 0.1) is 18.6 Å². The van der Waals surface area contributed by atoms with Crippen molar-refractivity contribution in [3.8, 4) is 0 Å². The van der Waals surface area contributed by atoms with Gasteiger partial charge >= 0.3 is 0 Å². The first-order valence-corrected chi connectivity index (χ1v) is 6.95. The van der Waals surface area contributed by atoms with Crippen LogP contribution in [-0.2, 0) is 17.8 Å². The van der Waals surface area contributed by atoms with E-state index in [-0.39, 0.29) is 0 Å². The Kier molecular flexibility index (Phi) is 7.29. The van der Waals surface area contributed by atoms with E-state index in [1.165, 1.54) is 12.2 Å². The second kappa shape index (κ2) is 8.61. The molecule has 92 valence electrons. The molecule has 0 bridgehead atoms. The summed E-state index contributed by atoms with van der Waals surface area (Å²) in [6, 6.07) is 0. The Morgan fingerprint density at radius 1 is 1.56 bits per heavy atom. The summed E-state index contributed by atoms with van der Waals surface area (Å²) in [6.07, 6.45) is 7.36. The van der Waals surface area contributed by atoms with E-state index in [1.54, 1.807) is 7.11 Å². The number of thioether (sulfide) groups is 1. The van der Waals surface area contributed by atoms with Crippen LogP contribution in [0, 0.1) is 0 Å². The van der Waals surface area contributed by atoms with Crippen molar-refractivity contribution in [3.05, 3.63) is 18.2 Å². The Balaban J connectivity index is 2.17. The van der Waals surface area contributed by atoms with Crippen molar-refractivity contribution in [2.45, 2.75) is 19.5 Å². The number of imidazole rings is 1. The van der Waals surface area contributed by atoms with Gasteiger partial charge in [0.1, 0.15) is 0 Å². The van der Waals surface area contributed by atoms with Crippen molar-refractivity contribution >= 4 is 11.8 Å². The minimum atomic E-state index is 0.744. The van der Waals surface area contributed by atoms with E-state index in [4.69, 9.17) is 4.74 Å². The van der Waals surface area contributed by atoms with Crippen LogP contribution in [-0.4, -0.2) is 41.8 Å².